The maximum absolute atomic E-state index is 10.6. The highest BCUT2D eigenvalue weighted by atomic mass is 32.2. The van der Waals surface area contributed by atoms with Gasteiger partial charge in [0, 0.05) is 6.20 Å². The van der Waals surface area contributed by atoms with Gasteiger partial charge >= 0.3 is 5.97 Å². The van der Waals surface area contributed by atoms with E-state index < -0.39 is 5.97 Å². The molecule has 0 aromatic carbocycles. The Labute approximate surface area is 87.6 Å². The van der Waals surface area contributed by atoms with Gasteiger partial charge in [-0.3, -0.25) is 4.79 Å². The smallest absolute Gasteiger partial charge is 0.303 e. The van der Waals surface area contributed by atoms with E-state index in [4.69, 9.17) is 5.11 Å². The van der Waals surface area contributed by atoms with Gasteiger partial charge in [0.05, 0.1) is 11.4 Å². The second-order valence-electron chi connectivity index (χ2n) is 3.10. The normalized spacial score (nSPS) is 12.4. The summed E-state index contributed by atoms with van der Waals surface area (Å²) < 4.78 is 0. The summed E-state index contributed by atoms with van der Waals surface area (Å²) in [5.74, 6) is -0.753. The van der Waals surface area contributed by atoms with Gasteiger partial charge in [0.2, 0.25) is 0 Å². The van der Waals surface area contributed by atoms with Gasteiger partial charge in [-0.2, -0.15) is 0 Å². The second kappa shape index (κ2) is 5.00. The van der Waals surface area contributed by atoms with E-state index in [-0.39, 0.29) is 12.3 Å². The fraction of sp³-hybridized carbons (Fsp3) is 0.400. The Morgan fingerprint density at radius 2 is 2.43 bits per heavy atom. The molecule has 1 rings (SSSR count). The van der Waals surface area contributed by atoms with Gasteiger partial charge in [-0.25, -0.2) is 4.98 Å². The molecule has 14 heavy (non-hydrogen) atoms. The first-order valence-electron chi connectivity index (χ1n) is 4.36. The summed E-state index contributed by atoms with van der Waals surface area (Å²) in [6.45, 7) is 1.91. The van der Waals surface area contributed by atoms with Gasteiger partial charge in [-0.15, -0.1) is 11.8 Å². The van der Waals surface area contributed by atoms with Crippen LogP contribution in [0.1, 0.15) is 24.8 Å². The predicted molar refractivity (Wildman–Crippen MR) is 56.7 cm³/mol. The monoisotopic (exact) mass is 211 g/mol. The molecule has 0 aliphatic carbocycles. The largest absolute Gasteiger partial charge is 0.481 e. The molecule has 0 aliphatic rings. The van der Waals surface area contributed by atoms with E-state index in [1.807, 2.05) is 25.3 Å². The van der Waals surface area contributed by atoms with Crippen LogP contribution in [0.2, 0.25) is 0 Å². The molecule has 1 heterocycles. The van der Waals surface area contributed by atoms with Crippen molar-refractivity contribution in [3.63, 3.8) is 0 Å². The van der Waals surface area contributed by atoms with Crippen LogP contribution in [0.4, 0.5) is 0 Å². The van der Waals surface area contributed by atoms with E-state index in [1.54, 1.807) is 18.0 Å². The third-order valence-electron chi connectivity index (χ3n) is 2.01. The molecule has 0 saturated heterocycles. The van der Waals surface area contributed by atoms with Crippen molar-refractivity contribution in [1.29, 1.82) is 0 Å². The van der Waals surface area contributed by atoms with Crippen LogP contribution in [0.3, 0.4) is 0 Å². The van der Waals surface area contributed by atoms with Crippen molar-refractivity contribution in [1.82, 2.24) is 4.98 Å². The SMILES string of the molecule is CSc1ncccc1C(C)CC(=O)O. The van der Waals surface area contributed by atoms with Crippen molar-refractivity contribution in [3.8, 4) is 0 Å². The maximum Gasteiger partial charge on any atom is 0.303 e. The molecule has 0 aliphatic heterocycles. The first kappa shape index (κ1) is 11.0. The number of hydrogen-bond donors (Lipinski definition) is 1. The number of nitrogens with zero attached hydrogens (tertiary/aromatic N) is 1. The Hall–Kier alpha value is -1.03. The van der Waals surface area contributed by atoms with Crippen molar-refractivity contribution in [2.24, 2.45) is 0 Å². The molecule has 1 atom stereocenters. The lowest BCUT2D eigenvalue weighted by Gasteiger charge is -2.11. The molecule has 4 heteroatoms. The third kappa shape index (κ3) is 2.73. The van der Waals surface area contributed by atoms with Gasteiger partial charge in [-0.1, -0.05) is 13.0 Å². The summed E-state index contributed by atoms with van der Waals surface area (Å²) in [5, 5.41) is 9.60. The van der Waals surface area contributed by atoms with Crippen molar-refractivity contribution in [2.75, 3.05) is 6.26 Å². The van der Waals surface area contributed by atoms with Crippen LogP contribution in [-0.2, 0) is 4.79 Å². The van der Waals surface area contributed by atoms with E-state index in [0.29, 0.717) is 0 Å². The number of aromatic nitrogens is 1. The van der Waals surface area contributed by atoms with Gasteiger partial charge in [0.15, 0.2) is 0 Å². The molecule has 1 N–H and O–H groups in total. The van der Waals surface area contributed by atoms with Crippen molar-refractivity contribution in [2.45, 2.75) is 24.3 Å². The Bertz CT molecular complexity index is 328. The first-order valence-corrected chi connectivity index (χ1v) is 5.58. The summed E-state index contributed by atoms with van der Waals surface area (Å²) >= 11 is 1.55. The molecule has 0 amide bonds. The molecular formula is C10H13NO2S. The standard InChI is InChI=1S/C10H13NO2S/c1-7(6-9(12)13)8-4-3-5-11-10(8)14-2/h3-5,7H,6H2,1-2H3,(H,12,13). The van der Waals surface area contributed by atoms with Crippen molar-refractivity contribution < 1.29 is 9.90 Å². The number of carbonyl (C=O) groups is 1. The molecule has 0 bridgehead atoms. The van der Waals surface area contributed by atoms with Gasteiger partial charge in [0.25, 0.3) is 0 Å². The second-order valence-corrected chi connectivity index (χ2v) is 3.90. The van der Waals surface area contributed by atoms with E-state index in [2.05, 4.69) is 4.98 Å². The summed E-state index contributed by atoms with van der Waals surface area (Å²) in [6, 6.07) is 3.78. The quantitative estimate of drug-likeness (QED) is 0.777. The van der Waals surface area contributed by atoms with E-state index >= 15 is 0 Å². The zero-order valence-electron chi connectivity index (χ0n) is 8.23. The fourth-order valence-electron chi connectivity index (χ4n) is 1.32. The number of aliphatic carboxylic acids is 1. The minimum Gasteiger partial charge on any atom is -0.481 e. The zero-order chi connectivity index (χ0) is 10.6. The number of rotatable bonds is 4. The minimum absolute atomic E-state index is 0.0173. The van der Waals surface area contributed by atoms with Crippen LogP contribution in [-0.4, -0.2) is 22.3 Å². The zero-order valence-corrected chi connectivity index (χ0v) is 9.04. The molecule has 0 spiro atoms. The molecule has 3 nitrogen and oxygen atoms in total. The molecule has 76 valence electrons. The number of hydrogen-bond acceptors (Lipinski definition) is 3. The summed E-state index contributed by atoms with van der Waals surface area (Å²) in [6.07, 6.45) is 3.82. The molecule has 0 saturated carbocycles. The van der Waals surface area contributed by atoms with E-state index in [9.17, 15) is 4.79 Å². The van der Waals surface area contributed by atoms with Crippen LogP contribution in [0.25, 0.3) is 0 Å². The third-order valence-corrected chi connectivity index (χ3v) is 2.73. The Balaban J connectivity index is 2.87. The highest BCUT2D eigenvalue weighted by Gasteiger charge is 2.13. The lowest BCUT2D eigenvalue weighted by atomic mass is 10.00. The van der Waals surface area contributed by atoms with Crippen LogP contribution in [0.15, 0.2) is 23.4 Å². The highest BCUT2D eigenvalue weighted by Crippen LogP contribution is 2.26. The molecular weight excluding hydrogens is 198 g/mol. The van der Waals surface area contributed by atoms with Gasteiger partial charge in [-0.05, 0) is 23.8 Å². The topological polar surface area (TPSA) is 50.2 Å². The number of thioether (sulfide) groups is 1. The van der Waals surface area contributed by atoms with Crippen molar-refractivity contribution in [3.05, 3.63) is 23.9 Å². The molecule has 1 unspecified atom stereocenters. The highest BCUT2D eigenvalue weighted by molar-refractivity contribution is 7.98. The van der Waals surface area contributed by atoms with Crippen LogP contribution in [0.5, 0.6) is 0 Å². The van der Waals surface area contributed by atoms with Crippen LogP contribution >= 0.6 is 11.8 Å². The van der Waals surface area contributed by atoms with Crippen LogP contribution in [0, 0.1) is 0 Å². The summed E-state index contributed by atoms with van der Waals surface area (Å²) in [4.78, 5) is 14.8. The van der Waals surface area contributed by atoms with Crippen molar-refractivity contribution >= 4 is 17.7 Å². The Kier molecular flexibility index (Phi) is 3.95. The molecule has 1 aromatic rings. The lowest BCUT2D eigenvalue weighted by molar-refractivity contribution is -0.137. The van der Waals surface area contributed by atoms with Crippen LogP contribution < -0.4 is 0 Å². The Morgan fingerprint density at radius 1 is 1.71 bits per heavy atom. The molecule has 0 radical (unpaired) electrons. The fourth-order valence-corrected chi connectivity index (χ4v) is 1.99. The number of carboxylic acids is 1. The predicted octanol–water partition coefficient (Wildman–Crippen LogP) is 2.38. The molecule has 0 fully saturated rings. The van der Waals surface area contributed by atoms with Gasteiger partial charge < -0.3 is 5.11 Å². The minimum atomic E-state index is -0.770. The first-order chi connectivity index (χ1) is 6.65. The number of pyridine rings is 1. The average Bonchev–Trinajstić information content (AvgIpc) is 2.16. The Morgan fingerprint density at radius 3 is 3.00 bits per heavy atom. The van der Waals surface area contributed by atoms with E-state index in [0.717, 1.165) is 10.6 Å². The van der Waals surface area contributed by atoms with Gasteiger partial charge in [0.1, 0.15) is 0 Å². The summed E-state index contributed by atoms with van der Waals surface area (Å²) in [5.41, 5.74) is 1.02. The maximum atomic E-state index is 10.6. The summed E-state index contributed by atoms with van der Waals surface area (Å²) in [7, 11) is 0. The number of carboxylic acid groups (broad SMARTS) is 1. The average molecular weight is 211 g/mol. The lowest BCUT2D eigenvalue weighted by Crippen LogP contribution is -2.04. The molecule has 1 aromatic heterocycles. The van der Waals surface area contributed by atoms with E-state index in [1.165, 1.54) is 0 Å².